The minimum atomic E-state index is -1.14. The van der Waals surface area contributed by atoms with E-state index in [2.05, 4.69) is 44.0 Å². The first kappa shape index (κ1) is 97.0. The molecule has 0 saturated carbocycles. The molecule has 7 atom stereocenters. The molecule has 8 aromatic rings. The lowest BCUT2D eigenvalue weighted by molar-refractivity contribution is -0.147. The highest BCUT2D eigenvalue weighted by molar-refractivity contribution is 9.10. The molecular formula is C94H111BrN8O19. The lowest BCUT2D eigenvalue weighted by atomic mass is 10.0. The number of halogens is 1. The van der Waals surface area contributed by atoms with Gasteiger partial charge in [-0.05, 0) is 193 Å². The first-order valence-electron chi connectivity index (χ1n) is 41.1. The van der Waals surface area contributed by atoms with Crippen LogP contribution in [0.25, 0.3) is 0 Å². The Morgan fingerprint density at radius 1 is 0.410 bits per heavy atom. The van der Waals surface area contributed by atoms with Crippen LogP contribution in [0.3, 0.4) is 0 Å². The van der Waals surface area contributed by atoms with Crippen LogP contribution < -0.4 is 42.1 Å². The van der Waals surface area contributed by atoms with E-state index < -0.39 is 84.9 Å². The van der Waals surface area contributed by atoms with Crippen LogP contribution in [-0.4, -0.2) is 174 Å². The lowest BCUT2D eigenvalue weighted by Crippen LogP contribution is -2.53. The molecule has 0 aliphatic carbocycles. The maximum Gasteiger partial charge on any atom is 0.323 e. The van der Waals surface area contributed by atoms with Crippen molar-refractivity contribution in [1.29, 1.82) is 0 Å². The molecule has 27 nitrogen and oxygen atoms in total. The van der Waals surface area contributed by atoms with Crippen LogP contribution >= 0.6 is 15.9 Å². The van der Waals surface area contributed by atoms with Gasteiger partial charge in [0.15, 0.2) is 0 Å². The van der Waals surface area contributed by atoms with E-state index in [4.69, 9.17) is 40.6 Å². The topological polar surface area (TPSA) is 400 Å². The summed E-state index contributed by atoms with van der Waals surface area (Å²) in [6.07, 6.45) is 9.86. The highest BCUT2D eigenvalue weighted by atomic mass is 79.9. The number of rotatable bonds is 30. The number of alkyl halides is 1. The molecule has 0 radical (unpaired) electrons. The number of carbonyl (C=O) groups excluding carboxylic acids is 9. The second-order valence-electron chi connectivity index (χ2n) is 28.8. The number of fused-ring (bicyclic) bond motifs is 4. The van der Waals surface area contributed by atoms with Crippen molar-refractivity contribution in [3.05, 3.63) is 263 Å². The summed E-state index contributed by atoms with van der Waals surface area (Å²) in [5.74, 6) is -6.50. The van der Waals surface area contributed by atoms with Crippen LogP contribution in [0.2, 0.25) is 0 Å². The smallest absolute Gasteiger partial charge is 0.323 e. The number of anilines is 4. The average Bonchev–Trinajstić information content (AvgIpc) is 1.66. The molecule has 7 unspecified atom stereocenters. The van der Waals surface area contributed by atoms with Gasteiger partial charge in [0, 0.05) is 29.2 Å². The van der Waals surface area contributed by atoms with Gasteiger partial charge in [-0.25, -0.2) is 0 Å². The molecule has 648 valence electrons. The van der Waals surface area contributed by atoms with Crippen molar-refractivity contribution in [3.63, 3.8) is 0 Å². The Bertz CT molecular complexity index is 4660. The number of hydrogen-bond donors (Lipinski definition) is 8. The standard InChI is InChI=1S/C24H28N2O5.C22H26N2O3.C12H15BrO2.C12H14N2O3.C12H11NO4.C12H17NO2/c1-2-31-24(30)20(14-12-17-8-4-3-5-9-17)25-19-15-13-18-10-6-7-11-21(18)26(23(19)29)16-22(27)28;1-2-27-22(26)20(14-12-16-8-4-3-5-9-16)23-19-15-13-17-10-6-7-11-18(17)24-21(19)25;1-2-15-12(14)11(13)9-8-10-6-4-3-5-7-10;13-9-6-5-8-3-1-2-4-10(8)14(12(9)17)7-11(15)16;14-10-6-5-8-3-1-2-4-9(8)13(12(10)17)7-11(15)16;1-2-15-12(14)11(13)9-8-10-6-4-3-5-7-10/h3-11,19-20,25H,2,12-16H2,1H3,(H,27,28);3-11,19-20,23H,2,12-15H2,1H3,(H,24,25);3-7,11H,2,8-9H2,1H3;1-4,9H,5-7,13H2,(H,15,16);1-4H,5-7H2,(H,15,16);3-7,11H,2,8-9,13H2,1H3. The van der Waals surface area contributed by atoms with Crippen LogP contribution in [0.5, 0.6) is 0 Å². The number of carboxylic acid groups (broad SMARTS) is 3. The Labute approximate surface area is 720 Å². The molecule has 0 fully saturated rings. The first-order valence-corrected chi connectivity index (χ1v) is 42.0. The van der Waals surface area contributed by atoms with E-state index in [1.54, 1.807) is 69.3 Å². The van der Waals surface area contributed by atoms with Gasteiger partial charge < -0.3 is 51.1 Å². The summed E-state index contributed by atoms with van der Waals surface area (Å²) < 4.78 is 20.2. The van der Waals surface area contributed by atoms with Crippen molar-refractivity contribution in [2.75, 3.05) is 66.1 Å². The fourth-order valence-corrected chi connectivity index (χ4v) is 14.2. The zero-order valence-corrected chi connectivity index (χ0v) is 70.9. The first-order chi connectivity index (χ1) is 58.8. The number of hydrogen-bond acceptors (Lipinski definition) is 20. The SMILES string of the molecule is CCOC(=O)C(Br)CCc1ccccc1.CCOC(=O)C(CCc1ccccc1)NC1CCc2ccccc2N(CC(=O)O)C1=O.CCOC(=O)C(CCc1ccccc1)NC1CCc2ccccc2NC1=O.CCOC(=O)C(N)CCc1ccccc1.NC1CCc2ccccc2N(CC(=O)O)C1=O.O=C(O)CN1C(=O)C(=O)CCc2ccccc21. The van der Waals surface area contributed by atoms with E-state index in [0.29, 0.717) is 101 Å². The second kappa shape index (κ2) is 52.2. The summed E-state index contributed by atoms with van der Waals surface area (Å²) in [6, 6.07) is 65.9. The summed E-state index contributed by atoms with van der Waals surface area (Å²) in [7, 11) is 0. The Morgan fingerprint density at radius 2 is 0.754 bits per heavy atom. The summed E-state index contributed by atoms with van der Waals surface area (Å²) in [4.78, 5) is 145. The molecule has 28 heteroatoms. The van der Waals surface area contributed by atoms with Crippen LogP contribution in [-0.2, 0) is 128 Å². The maximum atomic E-state index is 13.3. The van der Waals surface area contributed by atoms with E-state index in [9.17, 15) is 62.6 Å². The number of ketones is 1. The van der Waals surface area contributed by atoms with E-state index in [1.807, 2.05) is 165 Å². The van der Waals surface area contributed by atoms with E-state index in [-0.39, 0.29) is 60.0 Å². The van der Waals surface area contributed by atoms with E-state index >= 15 is 0 Å². The maximum absolute atomic E-state index is 13.3. The zero-order valence-electron chi connectivity index (χ0n) is 69.3. The molecule has 0 saturated heterocycles. The number of esters is 4. The van der Waals surface area contributed by atoms with E-state index in [1.165, 1.54) is 20.9 Å². The highest BCUT2D eigenvalue weighted by Gasteiger charge is 2.36. The lowest BCUT2D eigenvalue weighted by Gasteiger charge is -2.27. The summed E-state index contributed by atoms with van der Waals surface area (Å²) >= 11 is 3.33. The molecular weight excluding hydrogens is 1620 g/mol. The highest BCUT2D eigenvalue weighted by Crippen LogP contribution is 2.31. The Kier molecular flexibility index (Phi) is 41.5. The van der Waals surface area contributed by atoms with Crippen LogP contribution in [0, 0.1) is 0 Å². The molecule has 4 aliphatic rings. The van der Waals surface area contributed by atoms with Crippen molar-refractivity contribution >= 4 is 110 Å². The van der Waals surface area contributed by atoms with Crippen LogP contribution in [0.15, 0.2) is 218 Å². The fraction of sp³-hybridized carbons (Fsp3) is 0.362. The Hall–Kier alpha value is -12.1. The van der Waals surface area contributed by atoms with Crippen LogP contribution in [0.4, 0.5) is 22.7 Å². The predicted octanol–water partition coefficient (Wildman–Crippen LogP) is 11.1. The molecule has 12 rings (SSSR count). The Balaban J connectivity index is 0.000000207. The number of nitrogens with two attached hydrogens (primary N) is 2. The third-order valence-electron chi connectivity index (χ3n) is 20.0. The van der Waals surface area contributed by atoms with Crippen LogP contribution in [0.1, 0.15) is 124 Å². The number of nitrogens with zero attached hydrogens (tertiary/aromatic N) is 3. The van der Waals surface area contributed by atoms with Gasteiger partial charge in [0.1, 0.15) is 42.6 Å². The third kappa shape index (κ3) is 32.1. The zero-order chi connectivity index (χ0) is 88.3. The largest absolute Gasteiger partial charge is 0.480 e. The molecule has 8 aromatic carbocycles. The van der Waals surface area contributed by atoms with Gasteiger partial charge in [-0.15, -0.1) is 0 Å². The number of aliphatic carboxylic acids is 3. The second-order valence-corrected chi connectivity index (χ2v) is 29.9. The van der Waals surface area contributed by atoms with Gasteiger partial charge in [-0.2, -0.15) is 0 Å². The molecule has 4 heterocycles. The molecule has 122 heavy (non-hydrogen) atoms. The fourth-order valence-electron chi connectivity index (χ4n) is 13.8. The van der Waals surface area contributed by atoms with Gasteiger partial charge in [0.25, 0.3) is 5.91 Å². The Morgan fingerprint density at radius 3 is 1.21 bits per heavy atom. The average molecular weight is 1740 g/mol. The summed E-state index contributed by atoms with van der Waals surface area (Å²) in [5.41, 5.74) is 22.6. The number of amides is 4. The van der Waals surface area contributed by atoms with Crippen molar-refractivity contribution in [2.45, 2.75) is 172 Å². The molecule has 0 spiro atoms. The van der Waals surface area contributed by atoms with Crippen molar-refractivity contribution in [1.82, 2.24) is 10.6 Å². The number of benzene rings is 8. The third-order valence-corrected chi connectivity index (χ3v) is 20.9. The van der Waals surface area contributed by atoms with Gasteiger partial charge in [-0.3, -0.25) is 82.9 Å². The predicted molar refractivity (Wildman–Crippen MR) is 468 cm³/mol. The van der Waals surface area contributed by atoms with Crippen molar-refractivity contribution < 1.29 is 91.8 Å². The minimum absolute atomic E-state index is 0.103. The van der Waals surface area contributed by atoms with Crippen molar-refractivity contribution in [2.24, 2.45) is 11.5 Å². The van der Waals surface area contributed by atoms with E-state index in [0.717, 1.165) is 76.1 Å². The van der Waals surface area contributed by atoms with Gasteiger partial charge >= 0.3 is 41.8 Å². The van der Waals surface area contributed by atoms with Gasteiger partial charge in [0.05, 0.1) is 44.6 Å². The number of carbonyl (C=O) groups is 12. The number of nitrogens with one attached hydrogen (secondary N) is 3. The monoisotopic (exact) mass is 1730 g/mol. The van der Waals surface area contributed by atoms with Crippen molar-refractivity contribution in [3.8, 4) is 0 Å². The molecule has 0 aromatic heterocycles. The van der Waals surface area contributed by atoms with Gasteiger partial charge in [0.2, 0.25) is 23.5 Å². The minimum Gasteiger partial charge on any atom is -0.480 e. The normalized spacial score (nSPS) is 16.0. The number of carboxylic acids is 3. The number of ether oxygens (including phenoxy) is 4. The summed E-state index contributed by atoms with van der Waals surface area (Å²) in [6.45, 7) is 7.27. The molecule has 4 amide bonds. The summed E-state index contributed by atoms with van der Waals surface area (Å²) in [5, 5.41) is 36.4. The number of Topliss-reactive ketones (excluding diaryl/α,β-unsaturated/α-hetero) is 1. The quantitative estimate of drug-likeness (QED) is 0.00897. The molecule has 0 bridgehead atoms. The number of para-hydroxylation sites is 4. The molecule has 10 N–H and O–H groups in total. The van der Waals surface area contributed by atoms with Gasteiger partial charge in [-0.1, -0.05) is 210 Å². The number of aryl methyl sites for hydroxylation is 8. The molecule has 4 aliphatic heterocycles.